The number of aliphatic carboxylic acids is 1. The van der Waals surface area contributed by atoms with Crippen molar-refractivity contribution in [3.63, 3.8) is 0 Å². The van der Waals surface area contributed by atoms with Crippen molar-refractivity contribution < 1.29 is 24.2 Å². The van der Waals surface area contributed by atoms with Crippen molar-refractivity contribution in [1.82, 2.24) is 24.6 Å². The average Bonchev–Trinajstić information content (AvgIpc) is 3.58. The molecule has 2 aromatic heterocycles. The first-order chi connectivity index (χ1) is 21.3. The zero-order chi connectivity index (χ0) is 31.6. The number of anilines is 5. The van der Waals surface area contributed by atoms with E-state index in [1.54, 1.807) is 65.6 Å². The molecule has 0 bridgehead atoms. The van der Waals surface area contributed by atoms with Crippen LogP contribution in [0.15, 0.2) is 67.1 Å². The van der Waals surface area contributed by atoms with E-state index in [1.807, 2.05) is 13.8 Å². The number of carboxylic acid groups (broad SMARTS) is 1. The highest BCUT2D eigenvalue weighted by molar-refractivity contribution is 6.21. The molecule has 0 saturated heterocycles. The molecule has 0 saturated carbocycles. The fraction of sp³-hybridized carbons (Fsp3) is 0.267. The minimum Gasteiger partial charge on any atom is -0.494 e. The molecule has 0 unspecified atom stereocenters. The van der Waals surface area contributed by atoms with Gasteiger partial charge in [-0.1, -0.05) is 26.0 Å². The number of hydrogen-bond acceptors (Lipinski definition) is 11. The zero-order valence-electron chi connectivity index (χ0n) is 24.5. The Labute approximate surface area is 254 Å². The molecule has 6 N–H and O–H groups in total. The van der Waals surface area contributed by atoms with Crippen molar-refractivity contribution in [2.24, 2.45) is 5.84 Å². The first-order valence-corrected chi connectivity index (χ1v) is 14.2. The van der Waals surface area contributed by atoms with Crippen LogP contribution in [0.3, 0.4) is 0 Å². The molecule has 14 heteroatoms. The van der Waals surface area contributed by atoms with Crippen molar-refractivity contribution in [2.45, 2.75) is 39.7 Å². The molecule has 1 aliphatic heterocycles. The summed E-state index contributed by atoms with van der Waals surface area (Å²) >= 11 is 0. The molecular weight excluding hydrogens is 566 g/mol. The highest BCUT2D eigenvalue weighted by Crippen LogP contribution is 2.28. The first-order valence-electron chi connectivity index (χ1n) is 14.2. The minimum absolute atomic E-state index is 0.0607. The van der Waals surface area contributed by atoms with E-state index in [0.29, 0.717) is 54.2 Å². The Kier molecular flexibility index (Phi) is 10.4. The van der Waals surface area contributed by atoms with E-state index in [0.717, 1.165) is 0 Å². The van der Waals surface area contributed by atoms with Gasteiger partial charge >= 0.3 is 5.97 Å². The quantitative estimate of drug-likeness (QED) is 0.0746. The van der Waals surface area contributed by atoms with E-state index >= 15 is 0 Å². The van der Waals surface area contributed by atoms with Crippen LogP contribution in [0.2, 0.25) is 0 Å². The van der Waals surface area contributed by atoms with Gasteiger partial charge in [0.15, 0.2) is 5.82 Å². The third-order valence-electron chi connectivity index (χ3n) is 6.48. The van der Waals surface area contributed by atoms with Crippen molar-refractivity contribution >= 4 is 46.6 Å². The summed E-state index contributed by atoms with van der Waals surface area (Å²) in [4.78, 5) is 45.6. The Balaban J connectivity index is 0.00000216. The predicted octanol–water partition coefficient (Wildman–Crippen LogP) is 3.97. The van der Waals surface area contributed by atoms with Gasteiger partial charge in [-0.2, -0.15) is 10.1 Å². The third-order valence-corrected chi connectivity index (χ3v) is 6.48. The van der Waals surface area contributed by atoms with Crippen LogP contribution in [0.4, 0.5) is 28.8 Å². The number of nitrogens with two attached hydrogens (primary N) is 2. The highest BCUT2D eigenvalue weighted by Gasteiger charge is 2.34. The van der Waals surface area contributed by atoms with Crippen LogP contribution in [0.25, 0.3) is 0 Å². The largest absolute Gasteiger partial charge is 0.494 e. The van der Waals surface area contributed by atoms with Gasteiger partial charge in [-0.25, -0.2) is 10.8 Å². The SMILES string of the molecule is CC.Nc1cnc(Nc2cnn(CCCC(=O)O)c2)nc1N(N)c1ccc(OCCCN2C(=O)c3ccccc3C2=O)cc1. The Morgan fingerprint density at radius 2 is 1.68 bits per heavy atom. The van der Waals surface area contributed by atoms with Crippen LogP contribution in [0.1, 0.15) is 53.8 Å². The Morgan fingerprint density at radius 1 is 1.00 bits per heavy atom. The van der Waals surface area contributed by atoms with Crippen LogP contribution < -0.4 is 26.6 Å². The van der Waals surface area contributed by atoms with Crippen LogP contribution in [-0.2, 0) is 11.3 Å². The molecule has 2 amide bonds. The van der Waals surface area contributed by atoms with Gasteiger partial charge in [0, 0.05) is 25.7 Å². The summed E-state index contributed by atoms with van der Waals surface area (Å²) in [5, 5.41) is 17.4. The fourth-order valence-electron chi connectivity index (χ4n) is 4.39. The number of imide groups is 1. The number of nitrogen functional groups attached to an aromatic ring is 1. The number of carboxylic acids is 1. The number of nitrogens with zero attached hydrogens (tertiary/aromatic N) is 6. The first kappa shape index (κ1) is 31.4. The maximum Gasteiger partial charge on any atom is 0.303 e. The van der Waals surface area contributed by atoms with E-state index in [9.17, 15) is 14.4 Å². The molecule has 0 radical (unpaired) electrons. The summed E-state index contributed by atoms with van der Waals surface area (Å²) in [6, 6.07) is 13.8. The maximum absolute atomic E-state index is 12.5. The molecule has 3 heterocycles. The number of amides is 2. The number of fused-ring (bicyclic) bond motifs is 1. The van der Waals surface area contributed by atoms with E-state index < -0.39 is 5.97 Å². The second-order valence-corrected chi connectivity index (χ2v) is 9.46. The third kappa shape index (κ3) is 7.46. The molecule has 0 aliphatic carbocycles. The number of carbonyl (C=O) groups is 3. The number of ether oxygens (including phenoxy) is 1. The van der Waals surface area contributed by atoms with Crippen LogP contribution in [0.5, 0.6) is 5.75 Å². The predicted molar refractivity (Wildman–Crippen MR) is 165 cm³/mol. The average molecular weight is 602 g/mol. The summed E-state index contributed by atoms with van der Waals surface area (Å²) in [6.45, 7) is 5.03. The van der Waals surface area contributed by atoms with Crippen molar-refractivity contribution in [1.29, 1.82) is 0 Å². The van der Waals surface area contributed by atoms with Crippen LogP contribution in [-0.4, -0.2) is 60.7 Å². The molecule has 1 aliphatic rings. The normalized spacial score (nSPS) is 11.9. The number of nitrogens with one attached hydrogen (secondary N) is 1. The monoisotopic (exact) mass is 601 g/mol. The Hall–Kier alpha value is -5.50. The van der Waals surface area contributed by atoms with Gasteiger partial charge in [-0.3, -0.25) is 29.0 Å². The lowest BCUT2D eigenvalue weighted by Crippen LogP contribution is -2.31. The second kappa shape index (κ2) is 14.6. The standard InChI is InChI=1S/C28H29N9O5.C2H6/c29-23-16-31-28(33-18-15-32-35(17-18)12-3-7-24(38)39)34-25(23)37(30)19-8-10-20(11-9-19)42-14-4-13-36-26(40)21-5-1-2-6-22(21)27(36)41;1-2/h1-2,5-6,8-11,15-17H,3-4,7,12-14,29-30H2,(H,38,39)(H,31,33,34);1-2H3. The smallest absolute Gasteiger partial charge is 0.303 e. The van der Waals surface area contributed by atoms with E-state index in [1.165, 1.54) is 16.1 Å². The van der Waals surface area contributed by atoms with E-state index in [4.69, 9.17) is 21.4 Å². The minimum atomic E-state index is -0.853. The van der Waals surface area contributed by atoms with Crippen molar-refractivity contribution in [3.05, 3.63) is 78.2 Å². The van der Waals surface area contributed by atoms with Crippen LogP contribution in [0, 0.1) is 0 Å². The lowest BCUT2D eigenvalue weighted by atomic mass is 10.1. The number of aryl methyl sites for hydroxylation is 1. The van der Waals surface area contributed by atoms with Gasteiger partial charge in [-0.15, -0.1) is 0 Å². The van der Waals surface area contributed by atoms with E-state index in [-0.39, 0.29) is 42.2 Å². The number of hydrogen-bond donors (Lipinski definition) is 4. The van der Waals surface area contributed by atoms with Crippen LogP contribution >= 0.6 is 0 Å². The molecule has 44 heavy (non-hydrogen) atoms. The lowest BCUT2D eigenvalue weighted by molar-refractivity contribution is -0.137. The molecule has 0 spiro atoms. The Bertz CT molecular complexity index is 1570. The van der Waals surface area contributed by atoms with Crippen molar-refractivity contribution in [3.8, 4) is 5.75 Å². The molecule has 5 rings (SSSR count). The van der Waals surface area contributed by atoms with Gasteiger partial charge in [0.25, 0.3) is 11.8 Å². The molecule has 4 aromatic rings. The maximum atomic E-state index is 12.5. The van der Waals surface area contributed by atoms with Gasteiger partial charge in [0.05, 0.1) is 47.2 Å². The van der Waals surface area contributed by atoms with Gasteiger partial charge in [-0.05, 0) is 49.2 Å². The highest BCUT2D eigenvalue weighted by atomic mass is 16.5. The summed E-state index contributed by atoms with van der Waals surface area (Å²) in [5.74, 6) is 6.02. The van der Waals surface area contributed by atoms with E-state index in [2.05, 4.69) is 20.4 Å². The molecule has 0 fully saturated rings. The number of rotatable bonds is 13. The molecular formula is C30H35N9O5. The topological polar surface area (TPSA) is 195 Å². The summed E-state index contributed by atoms with van der Waals surface area (Å²) < 4.78 is 7.43. The summed E-state index contributed by atoms with van der Waals surface area (Å²) in [7, 11) is 0. The van der Waals surface area contributed by atoms with Gasteiger partial charge < -0.3 is 20.9 Å². The number of hydrazine groups is 1. The molecule has 2 aromatic carbocycles. The Morgan fingerprint density at radius 3 is 2.34 bits per heavy atom. The number of carbonyl (C=O) groups excluding carboxylic acids is 2. The van der Waals surface area contributed by atoms with Gasteiger partial charge in [0.2, 0.25) is 5.95 Å². The zero-order valence-corrected chi connectivity index (χ0v) is 24.5. The number of aromatic nitrogens is 4. The molecule has 0 atom stereocenters. The van der Waals surface area contributed by atoms with Crippen molar-refractivity contribution in [2.75, 3.05) is 29.2 Å². The second-order valence-electron chi connectivity index (χ2n) is 9.46. The number of benzene rings is 2. The summed E-state index contributed by atoms with van der Waals surface area (Å²) in [6.07, 6.45) is 5.74. The molecule has 14 nitrogen and oxygen atoms in total. The summed E-state index contributed by atoms with van der Waals surface area (Å²) in [5.41, 5.74) is 8.44. The fourth-order valence-corrected chi connectivity index (χ4v) is 4.39. The molecule has 230 valence electrons. The lowest BCUT2D eigenvalue weighted by Gasteiger charge is -2.20. The van der Waals surface area contributed by atoms with Gasteiger partial charge in [0.1, 0.15) is 5.75 Å².